The number of rotatable bonds is 5. The maximum atomic E-state index is 12.8. The molecule has 0 radical (unpaired) electrons. The van der Waals surface area contributed by atoms with Gasteiger partial charge in [-0.15, -0.1) is 0 Å². The Morgan fingerprint density at radius 3 is 2.12 bits per heavy atom. The number of carbonyl (C=O) groups is 1. The third-order valence-electron chi connectivity index (χ3n) is 4.60. The van der Waals surface area contributed by atoms with Crippen molar-refractivity contribution in [2.75, 3.05) is 32.1 Å². The van der Waals surface area contributed by atoms with Gasteiger partial charge in [0.2, 0.25) is 10.0 Å². The van der Waals surface area contributed by atoms with Crippen LogP contribution in [0.15, 0.2) is 0 Å². The summed E-state index contributed by atoms with van der Waals surface area (Å²) in [6, 6.07) is 0. The second-order valence-electron chi connectivity index (χ2n) is 8.17. The van der Waals surface area contributed by atoms with Crippen LogP contribution >= 0.6 is 0 Å². The Kier molecular flexibility index (Phi) is 6.18. The molecule has 0 saturated carbocycles. The summed E-state index contributed by atoms with van der Waals surface area (Å²) in [6.45, 7) is 10.8. The average Bonchev–Trinajstić information content (AvgIpc) is 2.91. The Labute approximate surface area is 151 Å². The topological polar surface area (TPSA) is 82.1 Å². The summed E-state index contributed by atoms with van der Waals surface area (Å²) in [4.78, 5) is 12.4. The van der Waals surface area contributed by atoms with Crippen LogP contribution in [0.1, 0.15) is 47.5 Å². The lowest BCUT2D eigenvalue weighted by atomic mass is 9.98. The van der Waals surface area contributed by atoms with E-state index in [4.69, 9.17) is 14.2 Å². The van der Waals surface area contributed by atoms with Gasteiger partial charge in [0.05, 0.1) is 24.9 Å². The lowest BCUT2D eigenvalue weighted by Gasteiger charge is -2.37. The number of piperidine rings is 1. The van der Waals surface area contributed by atoms with E-state index in [2.05, 4.69) is 0 Å². The molecule has 7 nitrogen and oxygen atoms in total. The molecule has 8 heteroatoms. The van der Waals surface area contributed by atoms with Crippen LogP contribution in [0.2, 0.25) is 0 Å². The summed E-state index contributed by atoms with van der Waals surface area (Å²) in [5.41, 5.74) is -0.636. The smallest absolute Gasteiger partial charge is 0.310 e. The molecular weight excluding hydrogens is 346 g/mol. The lowest BCUT2D eigenvalue weighted by Crippen LogP contribution is -2.49. The van der Waals surface area contributed by atoms with Crippen molar-refractivity contribution >= 4 is 16.0 Å². The fraction of sp³-hybridized carbons (Fsp3) is 0.941. The molecule has 1 atom stereocenters. The molecule has 0 N–H and O–H groups in total. The van der Waals surface area contributed by atoms with Crippen molar-refractivity contribution in [3.05, 3.63) is 0 Å². The standard InChI is InChI=1S/C17H31NO6S/c1-13(2)14(15(19)24-16(3,4)5)12-25(20,21)18-8-6-17(7-9-18)22-10-11-23-17/h13-14H,6-12H2,1-5H3. The van der Waals surface area contributed by atoms with Gasteiger partial charge in [-0.2, -0.15) is 0 Å². The highest BCUT2D eigenvalue weighted by molar-refractivity contribution is 7.89. The van der Waals surface area contributed by atoms with Crippen molar-refractivity contribution in [2.45, 2.75) is 58.8 Å². The molecule has 1 spiro atoms. The van der Waals surface area contributed by atoms with E-state index in [1.807, 2.05) is 13.8 Å². The zero-order valence-corrected chi connectivity index (χ0v) is 16.7. The van der Waals surface area contributed by atoms with Crippen molar-refractivity contribution in [3.63, 3.8) is 0 Å². The molecule has 2 aliphatic rings. The van der Waals surface area contributed by atoms with Crippen LogP contribution in [0.3, 0.4) is 0 Å². The van der Waals surface area contributed by atoms with Gasteiger partial charge in [0.25, 0.3) is 0 Å². The summed E-state index contributed by atoms with van der Waals surface area (Å²) in [6.07, 6.45) is 1.04. The van der Waals surface area contributed by atoms with E-state index in [-0.39, 0.29) is 11.7 Å². The Morgan fingerprint density at radius 1 is 1.16 bits per heavy atom. The van der Waals surface area contributed by atoms with Crippen LogP contribution in [0.4, 0.5) is 0 Å². The van der Waals surface area contributed by atoms with Crippen molar-refractivity contribution in [1.29, 1.82) is 0 Å². The van der Waals surface area contributed by atoms with Crippen LogP contribution < -0.4 is 0 Å². The SMILES string of the molecule is CC(C)C(CS(=O)(=O)N1CCC2(CC1)OCCO2)C(=O)OC(C)(C)C. The first-order valence-corrected chi connectivity index (χ1v) is 10.5. The first-order chi connectivity index (χ1) is 11.4. The molecule has 2 fully saturated rings. The molecule has 146 valence electrons. The summed E-state index contributed by atoms with van der Waals surface area (Å²) >= 11 is 0. The van der Waals surface area contributed by atoms with Crippen LogP contribution in [0.5, 0.6) is 0 Å². The molecule has 2 rings (SSSR count). The zero-order chi connectivity index (χ0) is 18.9. The van der Waals surface area contributed by atoms with Gasteiger partial charge >= 0.3 is 5.97 Å². The van der Waals surface area contributed by atoms with Crippen molar-refractivity contribution < 1.29 is 27.4 Å². The second-order valence-corrected chi connectivity index (χ2v) is 10.2. The van der Waals surface area contributed by atoms with Gasteiger partial charge in [-0.25, -0.2) is 12.7 Å². The van der Waals surface area contributed by atoms with Crippen LogP contribution in [0, 0.1) is 11.8 Å². The molecular formula is C17H31NO6S. The predicted molar refractivity (Wildman–Crippen MR) is 93.4 cm³/mol. The van der Waals surface area contributed by atoms with E-state index < -0.39 is 33.3 Å². The van der Waals surface area contributed by atoms with Gasteiger partial charge in [0.15, 0.2) is 5.79 Å². The van der Waals surface area contributed by atoms with E-state index in [1.165, 1.54) is 4.31 Å². The number of nitrogens with zero attached hydrogens (tertiary/aromatic N) is 1. The maximum Gasteiger partial charge on any atom is 0.310 e. The number of sulfonamides is 1. The van der Waals surface area contributed by atoms with Crippen LogP contribution in [-0.2, 0) is 29.0 Å². The molecule has 0 amide bonds. The van der Waals surface area contributed by atoms with E-state index in [9.17, 15) is 13.2 Å². The lowest BCUT2D eigenvalue weighted by molar-refractivity contribution is -0.179. The number of hydrogen-bond donors (Lipinski definition) is 0. The van der Waals surface area contributed by atoms with Crippen molar-refractivity contribution in [2.24, 2.45) is 11.8 Å². The Morgan fingerprint density at radius 2 is 1.68 bits per heavy atom. The first-order valence-electron chi connectivity index (χ1n) is 8.93. The summed E-state index contributed by atoms with van der Waals surface area (Å²) < 4.78 is 43.8. The molecule has 2 saturated heterocycles. The second kappa shape index (κ2) is 7.50. The minimum absolute atomic E-state index is 0.123. The third-order valence-corrected chi connectivity index (χ3v) is 6.53. The zero-order valence-electron chi connectivity index (χ0n) is 15.9. The average molecular weight is 378 g/mol. The predicted octanol–water partition coefficient (Wildman–Crippen LogP) is 1.77. The van der Waals surface area contributed by atoms with Gasteiger partial charge in [-0.3, -0.25) is 4.79 Å². The Balaban J connectivity index is 2.01. The minimum atomic E-state index is -3.55. The highest BCUT2D eigenvalue weighted by atomic mass is 32.2. The van der Waals surface area contributed by atoms with Gasteiger partial charge in [-0.05, 0) is 26.7 Å². The molecule has 0 aromatic heterocycles. The van der Waals surface area contributed by atoms with Gasteiger partial charge < -0.3 is 14.2 Å². The summed E-state index contributed by atoms with van der Waals surface area (Å²) in [7, 11) is -3.55. The normalized spacial score (nSPS) is 23.1. The molecule has 0 aromatic rings. The van der Waals surface area contributed by atoms with Crippen molar-refractivity contribution in [3.8, 4) is 0 Å². The highest BCUT2D eigenvalue weighted by Gasteiger charge is 2.43. The Bertz CT molecular complexity index is 564. The molecule has 2 aliphatic heterocycles. The molecule has 25 heavy (non-hydrogen) atoms. The third kappa shape index (κ3) is 5.39. The highest BCUT2D eigenvalue weighted by Crippen LogP contribution is 2.33. The number of carbonyl (C=O) groups excluding carboxylic acids is 1. The van der Waals surface area contributed by atoms with Gasteiger partial charge in [0, 0.05) is 25.9 Å². The molecule has 2 heterocycles. The van der Waals surface area contributed by atoms with E-state index in [0.29, 0.717) is 39.1 Å². The number of hydrogen-bond acceptors (Lipinski definition) is 6. The van der Waals surface area contributed by atoms with E-state index in [0.717, 1.165) is 0 Å². The van der Waals surface area contributed by atoms with Crippen LogP contribution in [0.25, 0.3) is 0 Å². The van der Waals surface area contributed by atoms with E-state index >= 15 is 0 Å². The maximum absolute atomic E-state index is 12.8. The molecule has 1 unspecified atom stereocenters. The van der Waals surface area contributed by atoms with Crippen LogP contribution in [-0.4, -0.2) is 62.1 Å². The molecule has 0 aromatic carbocycles. The summed E-state index contributed by atoms with van der Waals surface area (Å²) in [5, 5.41) is 0. The quantitative estimate of drug-likeness (QED) is 0.679. The molecule has 0 aliphatic carbocycles. The number of ether oxygens (including phenoxy) is 3. The number of esters is 1. The van der Waals surface area contributed by atoms with E-state index in [1.54, 1.807) is 20.8 Å². The van der Waals surface area contributed by atoms with Gasteiger partial charge in [0.1, 0.15) is 5.60 Å². The fourth-order valence-corrected chi connectivity index (χ4v) is 5.06. The van der Waals surface area contributed by atoms with Gasteiger partial charge in [-0.1, -0.05) is 13.8 Å². The Hall–Kier alpha value is -0.700. The molecule has 0 bridgehead atoms. The minimum Gasteiger partial charge on any atom is -0.460 e. The largest absolute Gasteiger partial charge is 0.460 e. The summed E-state index contributed by atoms with van der Waals surface area (Å²) in [5.74, 6) is -2.11. The fourth-order valence-electron chi connectivity index (χ4n) is 3.13. The monoisotopic (exact) mass is 377 g/mol. The first kappa shape index (κ1) is 20.6. The van der Waals surface area contributed by atoms with Crippen molar-refractivity contribution in [1.82, 2.24) is 4.31 Å².